The summed E-state index contributed by atoms with van der Waals surface area (Å²) in [4.78, 5) is 36.9. The zero-order chi connectivity index (χ0) is 20.9. The van der Waals surface area contributed by atoms with Crippen LogP contribution >= 0.6 is 11.3 Å². The van der Waals surface area contributed by atoms with Crippen LogP contribution in [0.2, 0.25) is 0 Å². The highest BCUT2D eigenvalue weighted by atomic mass is 32.1. The second kappa shape index (κ2) is 9.13. The third-order valence-corrected chi connectivity index (χ3v) is 6.03. The summed E-state index contributed by atoms with van der Waals surface area (Å²) in [5, 5.41) is 4.93. The topological polar surface area (TPSA) is 75.2 Å². The number of aromatic nitrogens is 2. The van der Waals surface area contributed by atoms with Crippen molar-refractivity contribution < 1.29 is 14.0 Å². The molecule has 8 heteroatoms. The van der Waals surface area contributed by atoms with Gasteiger partial charge in [0.15, 0.2) is 6.04 Å². The van der Waals surface area contributed by atoms with Gasteiger partial charge in [-0.2, -0.15) is 0 Å². The molecule has 1 aliphatic rings. The van der Waals surface area contributed by atoms with Crippen molar-refractivity contribution in [3.05, 3.63) is 76.8 Å². The van der Waals surface area contributed by atoms with E-state index in [4.69, 9.17) is 0 Å². The number of halogens is 1. The van der Waals surface area contributed by atoms with Gasteiger partial charge in [-0.1, -0.05) is 25.0 Å². The molecular formula is C22H21FN4O2S. The molecule has 1 aliphatic carbocycles. The van der Waals surface area contributed by atoms with Crippen LogP contribution in [0.4, 0.5) is 10.1 Å². The van der Waals surface area contributed by atoms with Gasteiger partial charge in [0.1, 0.15) is 11.5 Å². The van der Waals surface area contributed by atoms with Crippen LogP contribution in [0.5, 0.6) is 0 Å². The van der Waals surface area contributed by atoms with Crippen LogP contribution in [-0.2, 0) is 4.79 Å². The van der Waals surface area contributed by atoms with Gasteiger partial charge in [-0.15, -0.1) is 11.3 Å². The maximum atomic E-state index is 14.1. The minimum Gasteiger partial charge on any atom is -0.351 e. The Bertz CT molecular complexity index is 1010. The summed E-state index contributed by atoms with van der Waals surface area (Å²) in [6.07, 6.45) is 8.20. The van der Waals surface area contributed by atoms with E-state index in [1.807, 2.05) is 11.4 Å². The molecule has 2 aromatic heterocycles. The van der Waals surface area contributed by atoms with Gasteiger partial charge >= 0.3 is 0 Å². The van der Waals surface area contributed by atoms with Gasteiger partial charge < -0.3 is 5.32 Å². The molecule has 2 amide bonds. The van der Waals surface area contributed by atoms with Crippen molar-refractivity contribution in [1.82, 2.24) is 15.3 Å². The zero-order valence-electron chi connectivity index (χ0n) is 16.2. The number of hydrogen-bond donors (Lipinski definition) is 1. The van der Waals surface area contributed by atoms with Crippen molar-refractivity contribution in [3.63, 3.8) is 0 Å². The number of thiophene rings is 1. The fourth-order valence-electron chi connectivity index (χ4n) is 3.71. The standard InChI is InChI=1S/C22H21FN4O2S/c23-15-5-3-8-17(13-15)27(22(29)18-14-24-10-11-25-18)20(19-9-4-12-30-19)21(28)26-16-6-1-2-7-16/h3-5,8-14,16,20H,1-2,6-7H2,(H,26,28). The maximum absolute atomic E-state index is 14.1. The highest BCUT2D eigenvalue weighted by Crippen LogP contribution is 2.33. The summed E-state index contributed by atoms with van der Waals surface area (Å²) in [5.41, 5.74) is 0.364. The SMILES string of the molecule is O=C(NC1CCCC1)C(c1cccs1)N(C(=O)c1cnccn1)c1cccc(F)c1. The number of carbonyl (C=O) groups is 2. The van der Waals surface area contributed by atoms with Crippen molar-refractivity contribution in [3.8, 4) is 0 Å². The Kier molecular flexibility index (Phi) is 6.13. The van der Waals surface area contributed by atoms with E-state index in [-0.39, 0.29) is 23.3 Å². The van der Waals surface area contributed by atoms with Crippen LogP contribution in [-0.4, -0.2) is 27.8 Å². The molecule has 6 nitrogen and oxygen atoms in total. The molecule has 1 atom stereocenters. The molecule has 0 saturated heterocycles. The largest absolute Gasteiger partial charge is 0.351 e. The van der Waals surface area contributed by atoms with E-state index in [0.29, 0.717) is 4.88 Å². The average Bonchev–Trinajstić information content (AvgIpc) is 3.46. The molecule has 0 radical (unpaired) electrons. The van der Waals surface area contributed by atoms with Crippen molar-refractivity contribution in [1.29, 1.82) is 0 Å². The Morgan fingerprint density at radius 1 is 1.17 bits per heavy atom. The predicted molar refractivity (Wildman–Crippen MR) is 113 cm³/mol. The summed E-state index contributed by atoms with van der Waals surface area (Å²) in [6.45, 7) is 0. The zero-order valence-corrected chi connectivity index (χ0v) is 17.0. The number of rotatable bonds is 6. The van der Waals surface area contributed by atoms with E-state index >= 15 is 0 Å². The normalized spacial score (nSPS) is 15.0. The molecule has 0 bridgehead atoms. The van der Waals surface area contributed by atoms with Crippen LogP contribution in [0.25, 0.3) is 0 Å². The Morgan fingerprint density at radius 3 is 2.67 bits per heavy atom. The lowest BCUT2D eigenvalue weighted by Gasteiger charge is -2.31. The van der Waals surface area contributed by atoms with Crippen LogP contribution < -0.4 is 10.2 Å². The number of amides is 2. The van der Waals surface area contributed by atoms with E-state index in [1.54, 1.807) is 12.1 Å². The molecule has 1 saturated carbocycles. The minimum atomic E-state index is -0.943. The Labute approximate surface area is 177 Å². The van der Waals surface area contributed by atoms with Gasteiger partial charge in [-0.05, 0) is 42.5 Å². The number of benzene rings is 1. The lowest BCUT2D eigenvalue weighted by atomic mass is 10.1. The first-order valence-corrected chi connectivity index (χ1v) is 10.7. The Morgan fingerprint density at radius 2 is 2.00 bits per heavy atom. The van der Waals surface area contributed by atoms with E-state index in [2.05, 4.69) is 15.3 Å². The number of hydrogen-bond acceptors (Lipinski definition) is 5. The number of anilines is 1. The Balaban J connectivity index is 1.78. The van der Waals surface area contributed by atoms with Gasteiger partial charge in [-0.3, -0.25) is 19.5 Å². The molecule has 154 valence electrons. The van der Waals surface area contributed by atoms with E-state index in [1.165, 1.54) is 53.0 Å². The molecule has 30 heavy (non-hydrogen) atoms. The third-order valence-electron chi connectivity index (χ3n) is 5.11. The predicted octanol–water partition coefficient (Wildman–Crippen LogP) is 4.12. The quantitative estimate of drug-likeness (QED) is 0.646. The van der Waals surface area contributed by atoms with E-state index in [0.717, 1.165) is 25.7 Å². The summed E-state index contributed by atoms with van der Waals surface area (Å²) in [5.74, 6) is -1.30. The Hall–Kier alpha value is -3.13. The lowest BCUT2D eigenvalue weighted by Crippen LogP contribution is -2.46. The van der Waals surface area contributed by atoms with Crippen molar-refractivity contribution in [2.75, 3.05) is 4.90 Å². The van der Waals surface area contributed by atoms with Crippen LogP contribution in [0.3, 0.4) is 0 Å². The second-order valence-electron chi connectivity index (χ2n) is 7.15. The molecule has 4 rings (SSSR count). The number of nitrogens with one attached hydrogen (secondary N) is 1. The average molecular weight is 425 g/mol. The van der Waals surface area contributed by atoms with Gasteiger partial charge in [0.25, 0.3) is 5.91 Å². The van der Waals surface area contributed by atoms with E-state index in [9.17, 15) is 14.0 Å². The number of nitrogens with zero attached hydrogens (tertiary/aromatic N) is 3. The minimum absolute atomic E-state index is 0.0805. The summed E-state index contributed by atoms with van der Waals surface area (Å²) in [6, 6.07) is 8.45. The van der Waals surface area contributed by atoms with Crippen LogP contribution in [0.1, 0.15) is 47.1 Å². The molecule has 0 aliphatic heterocycles. The monoisotopic (exact) mass is 424 g/mol. The number of carbonyl (C=O) groups excluding carboxylic acids is 2. The van der Waals surface area contributed by atoms with Gasteiger partial charge in [-0.25, -0.2) is 9.37 Å². The molecule has 1 aromatic carbocycles. The first-order valence-electron chi connectivity index (χ1n) is 9.82. The van der Waals surface area contributed by atoms with E-state index < -0.39 is 17.8 Å². The first kappa shape index (κ1) is 20.2. The first-order chi connectivity index (χ1) is 14.6. The van der Waals surface area contributed by atoms with Crippen molar-refractivity contribution in [2.24, 2.45) is 0 Å². The molecule has 2 heterocycles. The van der Waals surface area contributed by atoms with Crippen molar-refractivity contribution >= 4 is 28.8 Å². The highest BCUT2D eigenvalue weighted by molar-refractivity contribution is 7.10. The molecule has 0 spiro atoms. The molecule has 1 N–H and O–H groups in total. The molecule has 1 fully saturated rings. The molecule has 1 unspecified atom stereocenters. The van der Waals surface area contributed by atoms with Crippen molar-refractivity contribution in [2.45, 2.75) is 37.8 Å². The van der Waals surface area contributed by atoms with Gasteiger partial charge in [0.2, 0.25) is 5.91 Å². The van der Waals surface area contributed by atoms with Gasteiger partial charge in [0, 0.05) is 29.0 Å². The van der Waals surface area contributed by atoms with Crippen LogP contribution in [0.15, 0.2) is 60.4 Å². The second-order valence-corrected chi connectivity index (χ2v) is 8.13. The third kappa shape index (κ3) is 4.38. The highest BCUT2D eigenvalue weighted by Gasteiger charge is 2.36. The van der Waals surface area contributed by atoms with Gasteiger partial charge in [0.05, 0.1) is 6.20 Å². The fourth-order valence-corrected chi connectivity index (χ4v) is 4.53. The molecule has 3 aromatic rings. The molecular weight excluding hydrogens is 403 g/mol. The summed E-state index contributed by atoms with van der Waals surface area (Å²) in [7, 11) is 0. The summed E-state index contributed by atoms with van der Waals surface area (Å²) < 4.78 is 14.1. The van der Waals surface area contributed by atoms with Crippen LogP contribution in [0, 0.1) is 5.82 Å². The maximum Gasteiger partial charge on any atom is 0.279 e. The fraction of sp³-hybridized carbons (Fsp3) is 0.273. The summed E-state index contributed by atoms with van der Waals surface area (Å²) >= 11 is 1.37. The lowest BCUT2D eigenvalue weighted by molar-refractivity contribution is -0.123. The smallest absolute Gasteiger partial charge is 0.279 e.